The molecule has 2 unspecified atom stereocenters. The van der Waals surface area contributed by atoms with Gasteiger partial charge in [-0.15, -0.1) is 0 Å². The number of benzene rings is 1. The van der Waals surface area contributed by atoms with E-state index < -0.39 is 22.4 Å². The molecule has 2 rings (SSSR count). The molecule has 1 fully saturated rings. The molecule has 4 nitrogen and oxygen atoms in total. The third-order valence-corrected chi connectivity index (χ3v) is 5.59. The lowest BCUT2D eigenvalue weighted by Crippen LogP contribution is -2.40. The zero-order chi connectivity index (χ0) is 15.6. The molecule has 0 radical (unpaired) electrons. The van der Waals surface area contributed by atoms with E-state index in [-0.39, 0.29) is 16.5 Å². The summed E-state index contributed by atoms with van der Waals surface area (Å²) in [6.07, 6.45) is 2.67. The van der Waals surface area contributed by atoms with Gasteiger partial charge in [-0.1, -0.05) is 19.9 Å². The Morgan fingerprint density at radius 3 is 2.43 bits per heavy atom. The highest BCUT2D eigenvalue weighted by atomic mass is 32.2. The molecule has 21 heavy (non-hydrogen) atoms. The topological polar surface area (TPSA) is 66.4 Å². The molecule has 6 heteroatoms. The number of rotatable bonds is 4. The zero-order valence-corrected chi connectivity index (χ0v) is 13.2. The first-order valence-electron chi connectivity index (χ1n) is 7.23. The minimum absolute atomic E-state index is 0.136. The van der Waals surface area contributed by atoms with Crippen molar-refractivity contribution in [3.63, 3.8) is 0 Å². The van der Waals surface area contributed by atoms with Crippen molar-refractivity contribution >= 4 is 10.0 Å². The fourth-order valence-electron chi connectivity index (χ4n) is 3.24. The fraction of sp³-hybridized carbons (Fsp3) is 0.600. The largest absolute Gasteiger partial charge is 0.392 e. The summed E-state index contributed by atoms with van der Waals surface area (Å²) in [5.74, 6) is 0.301. The van der Waals surface area contributed by atoms with Crippen molar-refractivity contribution in [3.05, 3.63) is 29.6 Å². The minimum atomic E-state index is -3.82. The molecule has 0 amide bonds. The van der Waals surface area contributed by atoms with Crippen LogP contribution in [0.15, 0.2) is 23.1 Å². The Morgan fingerprint density at radius 1 is 1.24 bits per heavy atom. The normalized spacial score (nSPS) is 26.8. The molecular formula is C15H22FNO3S. The van der Waals surface area contributed by atoms with Gasteiger partial charge in [-0.3, -0.25) is 0 Å². The Balaban J connectivity index is 2.24. The fourth-order valence-corrected chi connectivity index (χ4v) is 4.74. The number of nitrogens with one attached hydrogen (secondary N) is 1. The number of hydrogen-bond donors (Lipinski definition) is 2. The average molecular weight is 315 g/mol. The number of hydrogen-bond acceptors (Lipinski definition) is 3. The van der Waals surface area contributed by atoms with Crippen LogP contribution in [0.4, 0.5) is 4.39 Å². The van der Waals surface area contributed by atoms with Crippen molar-refractivity contribution in [2.45, 2.75) is 50.7 Å². The lowest BCUT2D eigenvalue weighted by Gasteiger charge is -2.31. The smallest absolute Gasteiger partial charge is 0.241 e. The van der Waals surface area contributed by atoms with Gasteiger partial charge in [0.15, 0.2) is 0 Å². The van der Waals surface area contributed by atoms with Crippen LogP contribution < -0.4 is 4.72 Å². The predicted octanol–water partition coefficient (Wildman–Crippen LogP) is 2.42. The van der Waals surface area contributed by atoms with Crippen LogP contribution in [0.1, 0.15) is 38.7 Å². The Hall–Kier alpha value is -0.980. The maximum atomic E-state index is 13.3. The summed E-state index contributed by atoms with van der Waals surface area (Å²) in [5.41, 5.74) is 0.209. The van der Waals surface area contributed by atoms with E-state index in [2.05, 4.69) is 18.6 Å². The quantitative estimate of drug-likeness (QED) is 0.897. The summed E-state index contributed by atoms with van der Waals surface area (Å²) in [5, 5.41) is 9.25. The van der Waals surface area contributed by atoms with E-state index in [1.807, 2.05) is 0 Å². The maximum Gasteiger partial charge on any atom is 0.241 e. The number of halogens is 1. The van der Waals surface area contributed by atoms with Gasteiger partial charge in [-0.2, -0.15) is 0 Å². The summed E-state index contributed by atoms with van der Waals surface area (Å²) in [6.45, 7) is 3.78. The highest BCUT2D eigenvalue weighted by Crippen LogP contribution is 2.29. The van der Waals surface area contributed by atoms with Gasteiger partial charge in [-0.25, -0.2) is 17.5 Å². The Morgan fingerprint density at radius 2 is 1.86 bits per heavy atom. The van der Waals surface area contributed by atoms with Gasteiger partial charge in [0.2, 0.25) is 10.0 Å². The monoisotopic (exact) mass is 315 g/mol. The van der Waals surface area contributed by atoms with Gasteiger partial charge < -0.3 is 5.11 Å². The maximum absolute atomic E-state index is 13.3. The molecule has 1 aliphatic rings. The van der Waals surface area contributed by atoms with Gasteiger partial charge in [0, 0.05) is 6.04 Å². The van der Waals surface area contributed by atoms with Crippen molar-refractivity contribution in [1.29, 1.82) is 0 Å². The van der Waals surface area contributed by atoms with Crippen LogP contribution in [0.5, 0.6) is 0 Å². The average Bonchev–Trinajstić information content (AvgIpc) is 2.36. The summed E-state index contributed by atoms with van der Waals surface area (Å²) in [4.78, 5) is -0.170. The van der Waals surface area contributed by atoms with Crippen LogP contribution in [0.2, 0.25) is 0 Å². The first-order valence-corrected chi connectivity index (χ1v) is 8.71. The van der Waals surface area contributed by atoms with Crippen molar-refractivity contribution in [2.24, 2.45) is 11.8 Å². The molecule has 0 bridgehead atoms. The SMILES string of the molecule is CC1CC(C)CC(NS(=O)(=O)c2cc(F)ccc2CO)C1. The molecule has 0 aromatic heterocycles. The van der Waals surface area contributed by atoms with Gasteiger partial charge in [-0.05, 0) is 48.8 Å². The van der Waals surface area contributed by atoms with Crippen LogP contribution in [-0.4, -0.2) is 19.6 Å². The molecule has 2 atom stereocenters. The molecule has 0 heterocycles. The summed E-state index contributed by atoms with van der Waals surface area (Å²) < 4.78 is 40.9. The van der Waals surface area contributed by atoms with Crippen LogP contribution >= 0.6 is 0 Å². The van der Waals surface area contributed by atoms with Crippen LogP contribution in [-0.2, 0) is 16.6 Å². The predicted molar refractivity (Wildman–Crippen MR) is 78.6 cm³/mol. The molecule has 1 aromatic carbocycles. The molecule has 0 aliphatic heterocycles. The van der Waals surface area contributed by atoms with Crippen LogP contribution in [0, 0.1) is 17.7 Å². The summed E-state index contributed by atoms with van der Waals surface area (Å²) >= 11 is 0. The molecule has 0 spiro atoms. The number of sulfonamides is 1. The third kappa shape index (κ3) is 4.02. The van der Waals surface area contributed by atoms with Gasteiger partial charge >= 0.3 is 0 Å². The highest BCUT2D eigenvalue weighted by Gasteiger charge is 2.29. The van der Waals surface area contributed by atoms with E-state index in [1.165, 1.54) is 6.07 Å². The van der Waals surface area contributed by atoms with E-state index in [0.29, 0.717) is 11.8 Å². The van der Waals surface area contributed by atoms with E-state index in [4.69, 9.17) is 0 Å². The Kier molecular flexibility index (Phi) is 5.01. The zero-order valence-electron chi connectivity index (χ0n) is 12.3. The Labute approximate surface area is 125 Å². The van der Waals surface area contributed by atoms with Gasteiger partial charge in [0.1, 0.15) is 5.82 Å². The third-order valence-electron chi connectivity index (χ3n) is 3.99. The van der Waals surface area contributed by atoms with Crippen molar-refractivity contribution in [1.82, 2.24) is 4.72 Å². The van der Waals surface area contributed by atoms with Crippen molar-refractivity contribution in [3.8, 4) is 0 Å². The minimum Gasteiger partial charge on any atom is -0.392 e. The van der Waals surface area contributed by atoms with Crippen molar-refractivity contribution < 1.29 is 17.9 Å². The van der Waals surface area contributed by atoms with Gasteiger partial charge in [0.25, 0.3) is 0 Å². The van der Waals surface area contributed by atoms with E-state index >= 15 is 0 Å². The second-order valence-corrected chi connectivity index (χ2v) is 7.83. The first kappa shape index (κ1) is 16.4. The number of aliphatic hydroxyl groups excluding tert-OH is 1. The van der Waals surface area contributed by atoms with E-state index in [0.717, 1.165) is 31.4 Å². The number of aliphatic hydroxyl groups is 1. The highest BCUT2D eigenvalue weighted by molar-refractivity contribution is 7.89. The second-order valence-electron chi connectivity index (χ2n) is 6.15. The molecule has 1 saturated carbocycles. The molecular weight excluding hydrogens is 293 g/mol. The second kappa shape index (κ2) is 6.42. The standard InChI is InChI=1S/C15H22FNO3S/c1-10-5-11(2)7-14(6-10)17-21(19,20)15-8-13(16)4-3-12(15)9-18/h3-4,8,10-11,14,17-18H,5-7,9H2,1-2H3. The molecule has 0 saturated heterocycles. The molecule has 118 valence electrons. The van der Waals surface area contributed by atoms with E-state index in [9.17, 15) is 17.9 Å². The molecule has 2 N–H and O–H groups in total. The van der Waals surface area contributed by atoms with Gasteiger partial charge in [0.05, 0.1) is 11.5 Å². The summed E-state index contributed by atoms with van der Waals surface area (Å²) in [6, 6.07) is 3.28. The van der Waals surface area contributed by atoms with Crippen molar-refractivity contribution in [2.75, 3.05) is 0 Å². The molecule has 1 aromatic rings. The molecule has 1 aliphatic carbocycles. The van der Waals surface area contributed by atoms with Crippen LogP contribution in [0.3, 0.4) is 0 Å². The van der Waals surface area contributed by atoms with Crippen LogP contribution in [0.25, 0.3) is 0 Å². The first-order chi connectivity index (χ1) is 9.81. The Bertz CT molecular complexity index is 593. The lowest BCUT2D eigenvalue weighted by atomic mass is 9.81. The lowest BCUT2D eigenvalue weighted by molar-refractivity contribution is 0.257. The van der Waals surface area contributed by atoms with E-state index in [1.54, 1.807) is 0 Å². The summed E-state index contributed by atoms with van der Waals surface area (Å²) in [7, 11) is -3.82.